The van der Waals surface area contributed by atoms with E-state index in [2.05, 4.69) is 230 Å². The highest BCUT2D eigenvalue weighted by Crippen LogP contribution is 2.57. The molecule has 0 aromatic heterocycles. The molecule has 10 rings (SSSR count). The highest BCUT2D eigenvalue weighted by atomic mass is 14.5. The average Bonchev–Trinajstić information content (AvgIpc) is 3.64. The average molecular weight is 775 g/mol. The summed E-state index contributed by atoms with van der Waals surface area (Å²) in [6.45, 7) is 16.8. The van der Waals surface area contributed by atoms with Crippen LogP contribution in [0, 0.1) is 0 Å². The van der Waals surface area contributed by atoms with Gasteiger partial charge >= 0.3 is 0 Å². The second-order valence-corrected chi connectivity index (χ2v) is 19.3. The van der Waals surface area contributed by atoms with Gasteiger partial charge in [0.05, 0.1) is 0 Å². The monoisotopic (exact) mass is 774 g/mol. The normalized spacial score (nSPS) is 14.8. The minimum Gasteiger partial charge on any atom is -0.0622 e. The van der Waals surface area contributed by atoms with E-state index >= 15 is 0 Å². The molecule has 0 saturated carbocycles. The molecule has 8 aromatic carbocycles. The number of fused-ring (bicyclic) bond motifs is 6. The Hall–Kier alpha value is -6.24. The second-order valence-electron chi connectivity index (χ2n) is 19.3. The van der Waals surface area contributed by atoms with Crippen LogP contribution < -0.4 is 0 Å². The molecule has 294 valence electrons. The molecule has 1 unspecified atom stereocenters. The van der Waals surface area contributed by atoms with Gasteiger partial charge in [0.1, 0.15) is 0 Å². The minimum atomic E-state index is -0.196. The molecule has 0 aliphatic heterocycles. The third kappa shape index (κ3) is 6.19. The molecule has 0 heterocycles. The van der Waals surface area contributed by atoms with Crippen molar-refractivity contribution >= 4 is 0 Å². The van der Waals surface area contributed by atoms with Gasteiger partial charge in [-0.05, 0) is 118 Å². The Bertz CT molecular complexity index is 2880. The predicted molar refractivity (Wildman–Crippen MR) is 255 cm³/mol. The van der Waals surface area contributed by atoms with Crippen LogP contribution in [0.1, 0.15) is 98.9 Å². The highest BCUT2D eigenvalue weighted by Gasteiger charge is 2.42. The third-order valence-corrected chi connectivity index (χ3v) is 13.8. The van der Waals surface area contributed by atoms with Crippen LogP contribution in [0.15, 0.2) is 182 Å². The molecule has 0 spiro atoms. The van der Waals surface area contributed by atoms with E-state index in [1.165, 1.54) is 100 Å². The van der Waals surface area contributed by atoms with Gasteiger partial charge in [0.15, 0.2) is 0 Å². The standard InChI is InChI=1S/C60H54/c1-58(2,3)53-34-33-46(41-21-13-9-14-22-41)56-51-38-50(42-23-15-10-16-24-42)45(37-55(51)60(6,7)57(53)56)35-49(43-29-27-40(28-30-43)39-19-11-8-12-20-39)44-31-32-48-47-25-17-18-26-52(47)59(4,5)54(48)36-44/h8-34,36-38,49H,35H2,1-7H3. The van der Waals surface area contributed by atoms with E-state index in [4.69, 9.17) is 0 Å². The summed E-state index contributed by atoms with van der Waals surface area (Å²) in [4.78, 5) is 0. The highest BCUT2D eigenvalue weighted by molar-refractivity contribution is 5.96. The topological polar surface area (TPSA) is 0 Å². The van der Waals surface area contributed by atoms with Gasteiger partial charge in [0, 0.05) is 16.7 Å². The maximum absolute atomic E-state index is 2.61. The first kappa shape index (κ1) is 38.0. The summed E-state index contributed by atoms with van der Waals surface area (Å²) in [7, 11) is 0. The molecule has 0 amide bonds. The number of rotatable bonds is 7. The van der Waals surface area contributed by atoms with Gasteiger partial charge in [0.25, 0.3) is 0 Å². The van der Waals surface area contributed by atoms with E-state index in [-0.39, 0.29) is 22.2 Å². The predicted octanol–water partition coefficient (Wildman–Crippen LogP) is 16.0. The summed E-state index contributed by atoms with van der Waals surface area (Å²) in [6.07, 6.45) is 0.873. The summed E-state index contributed by atoms with van der Waals surface area (Å²) in [5, 5.41) is 0. The number of hydrogen-bond acceptors (Lipinski definition) is 0. The fourth-order valence-corrected chi connectivity index (χ4v) is 10.7. The molecule has 0 N–H and O–H groups in total. The van der Waals surface area contributed by atoms with Crippen molar-refractivity contribution in [2.24, 2.45) is 0 Å². The van der Waals surface area contributed by atoms with E-state index in [9.17, 15) is 0 Å². The Labute approximate surface area is 357 Å². The zero-order valence-electron chi connectivity index (χ0n) is 36.1. The molecule has 60 heavy (non-hydrogen) atoms. The maximum Gasteiger partial charge on any atom is 0.0162 e. The fourth-order valence-electron chi connectivity index (χ4n) is 10.7. The SMILES string of the molecule is CC(C)(C)c1ccc(-c2ccccc2)c2c1C(C)(C)c1cc(CC(c3ccc(-c4ccccc4)cc3)c3ccc4c(c3)C(C)(C)c3ccccc3-4)c(-c3ccccc3)cc1-2. The van der Waals surface area contributed by atoms with E-state index in [1.807, 2.05) is 0 Å². The Balaban J connectivity index is 1.19. The first-order chi connectivity index (χ1) is 28.9. The lowest BCUT2D eigenvalue weighted by Gasteiger charge is -2.31. The quantitative estimate of drug-likeness (QED) is 0.151. The largest absolute Gasteiger partial charge is 0.0622 e. The molecule has 0 saturated heterocycles. The molecule has 2 aliphatic rings. The van der Waals surface area contributed by atoms with Crippen molar-refractivity contribution < 1.29 is 0 Å². The van der Waals surface area contributed by atoms with Crippen LogP contribution in [-0.4, -0.2) is 0 Å². The summed E-state index contributed by atoms with van der Waals surface area (Å²) in [6, 6.07) is 68.6. The van der Waals surface area contributed by atoms with Crippen LogP contribution in [0.25, 0.3) is 55.6 Å². The summed E-state index contributed by atoms with van der Waals surface area (Å²) >= 11 is 0. The van der Waals surface area contributed by atoms with Crippen molar-refractivity contribution in [3.8, 4) is 55.6 Å². The zero-order chi connectivity index (χ0) is 41.4. The van der Waals surface area contributed by atoms with Gasteiger partial charge < -0.3 is 0 Å². The lowest BCUT2D eigenvalue weighted by Crippen LogP contribution is -2.23. The molecular formula is C60H54. The van der Waals surface area contributed by atoms with Crippen molar-refractivity contribution in [2.45, 2.75) is 77.0 Å². The van der Waals surface area contributed by atoms with Crippen molar-refractivity contribution in [1.29, 1.82) is 0 Å². The number of hydrogen-bond donors (Lipinski definition) is 0. The summed E-state index contributed by atoms with van der Waals surface area (Å²) < 4.78 is 0. The molecule has 1 atom stereocenters. The summed E-state index contributed by atoms with van der Waals surface area (Å²) in [5.41, 5.74) is 24.1. The first-order valence-electron chi connectivity index (χ1n) is 21.8. The number of benzene rings is 8. The van der Waals surface area contributed by atoms with Crippen LogP contribution in [0.5, 0.6) is 0 Å². The van der Waals surface area contributed by atoms with Gasteiger partial charge in [-0.2, -0.15) is 0 Å². The van der Waals surface area contributed by atoms with Crippen LogP contribution in [-0.2, 0) is 22.7 Å². The lowest BCUT2D eigenvalue weighted by molar-refractivity contribution is 0.556. The van der Waals surface area contributed by atoms with Crippen LogP contribution >= 0.6 is 0 Å². The summed E-state index contributed by atoms with van der Waals surface area (Å²) in [5.74, 6) is 0.136. The third-order valence-electron chi connectivity index (χ3n) is 13.8. The Morgan fingerprint density at radius 1 is 0.400 bits per heavy atom. The molecule has 0 fully saturated rings. The van der Waals surface area contributed by atoms with Crippen molar-refractivity contribution in [1.82, 2.24) is 0 Å². The van der Waals surface area contributed by atoms with Crippen LogP contribution in [0.2, 0.25) is 0 Å². The van der Waals surface area contributed by atoms with Gasteiger partial charge in [-0.15, -0.1) is 0 Å². The van der Waals surface area contributed by atoms with E-state index in [0.717, 1.165) is 6.42 Å². The zero-order valence-corrected chi connectivity index (χ0v) is 36.1. The minimum absolute atomic E-state index is 0.0122. The van der Waals surface area contributed by atoms with Crippen molar-refractivity contribution in [3.05, 3.63) is 226 Å². The molecule has 2 aliphatic carbocycles. The fraction of sp³-hybridized carbons (Fsp3) is 0.200. The Morgan fingerprint density at radius 3 is 1.57 bits per heavy atom. The molecular weight excluding hydrogens is 721 g/mol. The van der Waals surface area contributed by atoms with Gasteiger partial charge in [-0.25, -0.2) is 0 Å². The molecule has 0 bridgehead atoms. The maximum atomic E-state index is 2.61. The van der Waals surface area contributed by atoms with Gasteiger partial charge in [-0.3, -0.25) is 0 Å². The van der Waals surface area contributed by atoms with Gasteiger partial charge in [-0.1, -0.05) is 224 Å². The van der Waals surface area contributed by atoms with E-state index in [1.54, 1.807) is 0 Å². The smallest absolute Gasteiger partial charge is 0.0162 e. The van der Waals surface area contributed by atoms with Gasteiger partial charge in [0.2, 0.25) is 0 Å². The van der Waals surface area contributed by atoms with E-state index in [0.29, 0.717) is 0 Å². The molecule has 8 aromatic rings. The van der Waals surface area contributed by atoms with Crippen molar-refractivity contribution in [3.63, 3.8) is 0 Å². The van der Waals surface area contributed by atoms with Crippen LogP contribution in [0.4, 0.5) is 0 Å². The molecule has 0 heteroatoms. The Morgan fingerprint density at radius 2 is 0.917 bits per heavy atom. The van der Waals surface area contributed by atoms with Crippen molar-refractivity contribution in [2.75, 3.05) is 0 Å². The second kappa shape index (κ2) is 14.2. The Kier molecular flexibility index (Phi) is 8.99. The molecule has 0 nitrogen and oxygen atoms in total. The van der Waals surface area contributed by atoms with E-state index < -0.39 is 0 Å². The van der Waals surface area contributed by atoms with Crippen LogP contribution in [0.3, 0.4) is 0 Å². The molecule has 0 radical (unpaired) electrons. The lowest BCUT2D eigenvalue weighted by atomic mass is 9.72. The first-order valence-corrected chi connectivity index (χ1v) is 21.8.